The molecule has 4 rings (SSSR count). The fourth-order valence-electron chi connectivity index (χ4n) is 4.75. The molecule has 0 aliphatic carbocycles. The van der Waals surface area contributed by atoms with Gasteiger partial charge in [0.25, 0.3) is 5.92 Å². The molecule has 2 aromatic rings. The topological polar surface area (TPSA) is 107 Å². The number of carbonyl (C=O) groups excluding carboxylic acids is 1. The maximum atomic E-state index is 14.6. The predicted octanol–water partition coefficient (Wildman–Crippen LogP) is 3.68. The molecule has 3 heterocycles. The molecule has 210 valence electrons. The van der Waals surface area contributed by atoms with Crippen molar-refractivity contribution in [2.75, 3.05) is 39.8 Å². The third kappa shape index (κ3) is 7.04. The molecular formula is C25H27BrF3N5O4S. The smallest absolute Gasteiger partial charge is 0.338 e. The Morgan fingerprint density at radius 2 is 2.15 bits per heavy atom. The summed E-state index contributed by atoms with van der Waals surface area (Å²) in [6.07, 6.45) is 1.13. The monoisotopic (exact) mass is 629 g/mol. The number of thiazole rings is 1. The number of hydrogen-bond acceptors (Lipinski definition) is 9. The van der Waals surface area contributed by atoms with Crippen molar-refractivity contribution in [3.05, 3.63) is 61.9 Å². The number of carboxylic acid groups (broad SMARTS) is 1. The van der Waals surface area contributed by atoms with Crippen LogP contribution in [0.4, 0.5) is 13.2 Å². The average molecular weight is 630 g/mol. The molecule has 1 aromatic heterocycles. The number of nitrogens with one attached hydrogen (secondary N) is 1. The number of carbonyl (C=O) groups is 2. The van der Waals surface area contributed by atoms with Crippen LogP contribution in [0, 0.1) is 5.82 Å². The SMILES string of the molecule is CCOC(=O)C1=C(CN2CC(F)(F)CC2CN(C)CC(=O)O)NC(c2nccs2)=NC1c1ccc(F)cc1Br. The number of aliphatic imine (C=N–C) groups is 1. The van der Waals surface area contributed by atoms with E-state index < -0.39 is 48.7 Å². The van der Waals surface area contributed by atoms with E-state index in [2.05, 4.69) is 26.2 Å². The van der Waals surface area contributed by atoms with Crippen molar-refractivity contribution in [1.82, 2.24) is 20.1 Å². The van der Waals surface area contributed by atoms with Crippen LogP contribution in [0.5, 0.6) is 0 Å². The van der Waals surface area contributed by atoms with Crippen LogP contribution in [0.15, 0.2) is 50.5 Å². The van der Waals surface area contributed by atoms with E-state index in [1.165, 1.54) is 39.3 Å². The first-order chi connectivity index (χ1) is 18.5. The van der Waals surface area contributed by atoms with Crippen molar-refractivity contribution in [1.29, 1.82) is 0 Å². The minimum atomic E-state index is -3.00. The Morgan fingerprint density at radius 3 is 2.79 bits per heavy atom. The Bertz CT molecular complexity index is 1290. The number of aromatic nitrogens is 1. The highest BCUT2D eigenvalue weighted by molar-refractivity contribution is 9.10. The number of nitrogens with zero attached hydrogens (tertiary/aromatic N) is 4. The van der Waals surface area contributed by atoms with Gasteiger partial charge in [-0.3, -0.25) is 19.6 Å². The number of likely N-dealkylation sites (tertiary alicyclic amines) is 1. The number of alkyl halides is 2. The molecule has 1 fully saturated rings. The van der Waals surface area contributed by atoms with Crippen molar-refractivity contribution in [3.63, 3.8) is 0 Å². The van der Waals surface area contributed by atoms with Crippen LogP contribution in [0.3, 0.4) is 0 Å². The van der Waals surface area contributed by atoms with Gasteiger partial charge in [-0.05, 0) is 31.7 Å². The predicted molar refractivity (Wildman–Crippen MR) is 142 cm³/mol. The number of rotatable bonds is 10. The van der Waals surface area contributed by atoms with Crippen molar-refractivity contribution in [2.45, 2.75) is 31.4 Å². The van der Waals surface area contributed by atoms with Gasteiger partial charge in [0, 0.05) is 47.3 Å². The quantitative estimate of drug-likeness (QED) is 0.383. The number of likely N-dealkylation sites (N-methyl/N-ethyl adjacent to an activating group) is 1. The first-order valence-electron chi connectivity index (χ1n) is 12.1. The molecule has 9 nitrogen and oxygen atoms in total. The molecule has 0 amide bonds. The lowest BCUT2D eigenvalue weighted by Crippen LogP contribution is -2.45. The third-order valence-electron chi connectivity index (χ3n) is 6.29. The van der Waals surface area contributed by atoms with E-state index in [0.717, 1.165) is 0 Å². The Labute approximate surface area is 235 Å². The fourth-order valence-corrected chi connectivity index (χ4v) is 5.91. The van der Waals surface area contributed by atoms with Crippen molar-refractivity contribution >= 4 is 45.0 Å². The zero-order valence-corrected chi connectivity index (χ0v) is 23.6. The Kier molecular flexibility index (Phi) is 9.09. The highest BCUT2D eigenvalue weighted by Crippen LogP contribution is 2.38. The van der Waals surface area contributed by atoms with Gasteiger partial charge in [-0.2, -0.15) is 0 Å². The first kappa shape index (κ1) is 29.2. The number of benzene rings is 1. The minimum absolute atomic E-state index is 0.0698. The van der Waals surface area contributed by atoms with Crippen LogP contribution < -0.4 is 5.32 Å². The maximum absolute atomic E-state index is 14.6. The second-order valence-corrected chi connectivity index (χ2v) is 11.1. The number of ether oxygens (including phenoxy) is 1. The van der Waals surface area contributed by atoms with Gasteiger partial charge in [-0.15, -0.1) is 11.3 Å². The molecule has 2 atom stereocenters. The Morgan fingerprint density at radius 1 is 1.38 bits per heavy atom. The van der Waals surface area contributed by atoms with Gasteiger partial charge in [0.1, 0.15) is 11.9 Å². The van der Waals surface area contributed by atoms with E-state index in [4.69, 9.17) is 14.8 Å². The zero-order chi connectivity index (χ0) is 28.3. The minimum Gasteiger partial charge on any atom is -0.480 e. The van der Waals surface area contributed by atoms with Gasteiger partial charge in [0.05, 0.1) is 25.3 Å². The summed E-state index contributed by atoms with van der Waals surface area (Å²) in [4.78, 5) is 36.5. The van der Waals surface area contributed by atoms with E-state index in [0.29, 0.717) is 26.6 Å². The van der Waals surface area contributed by atoms with Gasteiger partial charge in [-0.25, -0.2) is 22.9 Å². The molecule has 2 aliphatic rings. The first-order valence-corrected chi connectivity index (χ1v) is 13.8. The second-order valence-electron chi connectivity index (χ2n) is 9.33. The molecule has 2 N–H and O–H groups in total. The van der Waals surface area contributed by atoms with E-state index in [1.54, 1.807) is 25.5 Å². The molecule has 39 heavy (non-hydrogen) atoms. The molecular weight excluding hydrogens is 603 g/mol. The van der Waals surface area contributed by atoms with Gasteiger partial charge < -0.3 is 15.2 Å². The highest BCUT2D eigenvalue weighted by atomic mass is 79.9. The molecule has 0 radical (unpaired) electrons. The van der Waals surface area contributed by atoms with E-state index in [1.807, 2.05) is 0 Å². The van der Waals surface area contributed by atoms with Gasteiger partial charge in [0.2, 0.25) is 0 Å². The largest absolute Gasteiger partial charge is 0.480 e. The third-order valence-corrected chi connectivity index (χ3v) is 7.75. The molecule has 14 heteroatoms. The van der Waals surface area contributed by atoms with Crippen LogP contribution >= 0.6 is 27.3 Å². The molecule has 0 saturated carbocycles. The summed E-state index contributed by atoms with van der Waals surface area (Å²) >= 11 is 4.67. The van der Waals surface area contributed by atoms with E-state index in [9.17, 15) is 22.8 Å². The lowest BCUT2D eigenvalue weighted by molar-refractivity contribution is -0.139. The van der Waals surface area contributed by atoms with Gasteiger partial charge >= 0.3 is 11.9 Å². The van der Waals surface area contributed by atoms with Crippen LogP contribution in [0.25, 0.3) is 0 Å². The van der Waals surface area contributed by atoms with Crippen LogP contribution in [0.2, 0.25) is 0 Å². The summed E-state index contributed by atoms with van der Waals surface area (Å²) in [5.41, 5.74) is 0.896. The maximum Gasteiger partial charge on any atom is 0.338 e. The van der Waals surface area contributed by atoms with E-state index in [-0.39, 0.29) is 31.8 Å². The lowest BCUT2D eigenvalue weighted by atomic mass is 9.95. The molecule has 2 aliphatic heterocycles. The zero-order valence-electron chi connectivity index (χ0n) is 21.2. The van der Waals surface area contributed by atoms with Crippen LogP contribution in [-0.2, 0) is 14.3 Å². The summed E-state index contributed by atoms with van der Waals surface area (Å²) < 4.78 is 48.9. The summed E-state index contributed by atoms with van der Waals surface area (Å²) in [5, 5.41) is 14.5. The molecule has 0 bridgehead atoms. The molecule has 2 unspecified atom stereocenters. The summed E-state index contributed by atoms with van der Waals surface area (Å²) in [5.74, 6) is -4.90. The summed E-state index contributed by atoms with van der Waals surface area (Å²) in [6.45, 7) is 0.845. The molecule has 0 spiro atoms. The second kappa shape index (κ2) is 12.1. The van der Waals surface area contributed by atoms with E-state index >= 15 is 0 Å². The van der Waals surface area contributed by atoms with Gasteiger partial charge in [0.15, 0.2) is 10.8 Å². The number of esters is 1. The van der Waals surface area contributed by atoms with Crippen molar-refractivity contribution < 1.29 is 32.6 Å². The number of halogens is 4. The van der Waals surface area contributed by atoms with Gasteiger partial charge in [-0.1, -0.05) is 22.0 Å². The molecule has 1 aromatic carbocycles. The summed E-state index contributed by atoms with van der Waals surface area (Å²) in [7, 11) is 1.56. The Balaban J connectivity index is 1.77. The standard InChI is InChI=1S/C25H27BrF3N5O4S/c1-3-38-24(37)20-18(11-34-13-25(28,29)9-15(34)10-33(2)12-19(35)36)31-22(23-30-6-7-39-23)32-21(20)16-5-4-14(27)8-17(16)26/h4-8,15,21H,3,9-13H2,1-2H3,(H,31,32)(H,35,36). The number of aliphatic carboxylic acids is 1. The summed E-state index contributed by atoms with van der Waals surface area (Å²) in [6, 6.07) is 2.39. The number of amidine groups is 1. The Hall–Kier alpha value is -2.81. The normalized spacial score (nSPS) is 21.2. The van der Waals surface area contributed by atoms with Crippen molar-refractivity contribution in [2.24, 2.45) is 4.99 Å². The van der Waals surface area contributed by atoms with Crippen LogP contribution in [0.1, 0.15) is 30.0 Å². The number of carboxylic acids is 1. The number of hydrogen-bond donors (Lipinski definition) is 2. The average Bonchev–Trinajstić information content (AvgIpc) is 3.46. The lowest BCUT2D eigenvalue weighted by Gasteiger charge is -2.32. The van der Waals surface area contributed by atoms with Crippen molar-refractivity contribution in [3.8, 4) is 0 Å². The molecule has 1 saturated heterocycles. The van der Waals surface area contributed by atoms with Crippen LogP contribution in [-0.4, -0.2) is 89.5 Å². The highest BCUT2D eigenvalue weighted by Gasteiger charge is 2.46. The fraction of sp³-hybridized carbons (Fsp3) is 0.440.